The SMILES string of the molecule is CN(C)S(=O)(=O)CCC(=O)N1CCC2(CCc3ccccc3O2)C1. The van der Waals surface area contributed by atoms with Gasteiger partial charge in [-0.1, -0.05) is 18.2 Å². The number of amides is 1. The van der Waals surface area contributed by atoms with Crippen LogP contribution >= 0.6 is 0 Å². The fourth-order valence-corrected chi connectivity index (χ4v) is 4.16. The Morgan fingerprint density at radius 3 is 2.79 bits per heavy atom. The normalized spacial score (nSPS) is 23.4. The lowest BCUT2D eigenvalue weighted by Gasteiger charge is -2.35. The molecule has 0 bridgehead atoms. The minimum atomic E-state index is -3.34. The average Bonchev–Trinajstić information content (AvgIpc) is 2.96. The number of fused-ring (bicyclic) bond motifs is 1. The third kappa shape index (κ3) is 3.42. The van der Waals surface area contributed by atoms with E-state index in [9.17, 15) is 13.2 Å². The molecule has 1 saturated heterocycles. The molecule has 1 amide bonds. The number of likely N-dealkylation sites (tertiary alicyclic amines) is 1. The van der Waals surface area contributed by atoms with Crippen molar-refractivity contribution in [3.63, 3.8) is 0 Å². The third-order valence-corrected chi connectivity index (χ3v) is 6.78. The van der Waals surface area contributed by atoms with Gasteiger partial charge in [-0.25, -0.2) is 12.7 Å². The number of sulfonamides is 1. The van der Waals surface area contributed by atoms with E-state index in [2.05, 4.69) is 6.07 Å². The number of benzene rings is 1. The van der Waals surface area contributed by atoms with Gasteiger partial charge in [0.25, 0.3) is 0 Å². The van der Waals surface area contributed by atoms with Gasteiger partial charge in [0.2, 0.25) is 15.9 Å². The lowest BCUT2D eigenvalue weighted by Crippen LogP contribution is -2.43. The molecule has 24 heavy (non-hydrogen) atoms. The highest BCUT2D eigenvalue weighted by molar-refractivity contribution is 7.89. The van der Waals surface area contributed by atoms with Gasteiger partial charge in [0, 0.05) is 33.5 Å². The zero-order valence-corrected chi connectivity index (χ0v) is 15.0. The second kappa shape index (κ2) is 6.37. The minimum absolute atomic E-state index is 0.0210. The lowest BCUT2D eigenvalue weighted by atomic mass is 9.90. The number of hydrogen-bond acceptors (Lipinski definition) is 4. The van der Waals surface area contributed by atoms with Crippen LogP contribution in [0.25, 0.3) is 0 Å². The predicted octanol–water partition coefficient (Wildman–Crippen LogP) is 1.26. The van der Waals surface area contributed by atoms with Crippen molar-refractivity contribution in [2.24, 2.45) is 0 Å². The van der Waals surface area contributed by atoms with Crippen LogP contribution < -0.4 is 4.74 Å². The van der Waals surface area contributed by atoms with Gasteiger partial charge in [-0.05, 0) is 24.5 Å². The van der Waals surface area contributed by atoms with Gasteiger partial charge in [0.05, 0.1) is 12.3 Å². The number of carbonyl (C=O) groups is 1. The fraction of sp³-hybridized carbons (Fsp3) is 0.588. The zero-order chi connectivity index (χ0) is 17.4. The van der Waals surface area contributed by atoms with E-state index in [1.807, 2.05) is 18.2 Å². The van der Waals surface area contributed by atoms with Gasteiger partial charge >= 0.3 is 0 Å². The molecule has 1 fully saturated rings. The van der Waals surface area contributed by atoms with Crippen LogP contribution in [0.15, 0.2) is 24.3 Å². The molecular formula is C17H24N2O4S. The lowest BCUT2D eigenvalue weighted by molar-refractivity contribution is -0.130. The molecule has 2 aliphatic heterocycles. The van der Waals surface area contributed by atoms with Crippen molar-refractivity contribution in [1.29, 1.82) is 0 Å². The molecule has 1 unspecified atom stereocenters. The summed E-state index contributed by atoms with van der Waals surface area (Å²) in [5.41, 5.74) is 0.898. The first-order valence-electron chi connectivity index (χ1n) is 8.26. The van der Waals surface area contributed by atoms with Crippen LogP contribution in [0.3, 0.4) is 0 Å². The standard InChI is InChI=1S/C17H24N2O4S/c1-18(2)24(21,22)12-8-16(20)19-11-10-17(13-19)9-7-14-5-3-4-6-15(14)23-17/h3-6H,7-13H2,1-2H3. The van der Waals surface area contributed by atoms with Gasteiger partial charge in [0.15, 0.2) is 0 Å². The van der Waals surface area contributed by atoms with E-state index in [1.54, 1.807) is 4.90 Å². The monoisotopic (exact) mass is 352 g/mol. The van der Waals surface area contributed by atoms with Crippen molar-refractivity contribution in [2.75, 3.05) is 32.9 Å². The maximum Gasteiger partial charge on any atom is 0.223 e. The summed E-state index contributed by atoms with van der Waals surface area (Å²) in [5, 5.41) is 0. The number of carbonyl (C=O) groups excluding carboxylic acids is 1. The number of rotatable bonds is 4. The topological polar surface area (TPSA) is 66.9 Å². The van der Waals surface area contributed by atoms with Crippen LogP contribution in [0.1, 0.15) is 24.8 Å². The summed E-state index contributed by atoms with van der Waals surface area (Å²) in [7, 11) is -0.373. The number of nitrogens with zero attached hydrogens (tertiary/aromatic N) is 2. The molecule has 1 spiro atoms. The van der Waals surface area contributed by atoms with Crippen LogP contribution in [0.4, 0.5) is 0 Å². The first kappa shape index (κ1) is 17.2. The van der Waals surface area contributed by atoms with Crippen LogP contribution in [0.2, 0.25) is 0 Å². The van der Waals surface area contributed by atoms with Crippen molar-refractivity contribution in [1.82, 2.24) is 9.21 Å². The quantitative estimate of drug-likeness (QED) is 0.818. The Bertz CT molecular complexity index is 732. The molecule has 132 valence electrons. The highest BCUT2D eigenvalue weighted by Gasteiger charge is 2.44. The third-order valence-electron chi connectivity index (χ3n) is 4.95. The van der Waals surface area contributed by atoms with Gasteiger partial charge in [-0.15, -0.1) is 0 Å². The highest BCUT2D eigenvalue weighted by Crippen LogP contribution is 2.38. The van der Waals surface area contributed by atoms with Crippen molar-refractivity contribution in [3.8, 4) is 5.75 Å². The molecule has 0 N–H and O–H groups in total. The van der Waals surface area contributed by atoms with Crippen molar-refractivity contribution >= 4 is 15.9 Å². The highest BCUT2D eigenvalue weighted by atomic mass is 32.2. The summed E-state index contributed by atoms with van der Waals surface area (Å²) in [6.07, 6.45) is 2.66. The molecule has 3 rings (SSSR count). The molecule has 0 aliphatic carbocycles. The summed E-state index contributed by atoms with van der Waals surface area (Å²) in [4.78, 5) is 14.1. The van der Waals surface area contributed by atoms with E-state index in [0.717, 1.165) is 29.3 Å². The van der Waals surface area contributed by atoms with E-state index >= 15 is 0 Å². The van der Waals surface area contributed by atoms with Crippen LogP contribution in [0.5, 0.6) is 5.75 Å². The zero-order valence-electron chi connectivity index (χ0n) is 14.2. The Labute approximate surface area is 143 Å². The molecule has 1 atom stereocenters. The Morgan fingerprint density at radius 2 is 2.04 bits per heavy atom. The molecule has 2 heterocycles. The van der Waals surface area contributed by atoms with Crippen LogP contribution in [-0.2, 0) is 21.2 Å². The average molecular weight is 352 g/mol. The fourth-order valence-electron chi connectivity index (χ4n) is 3.36. The second-order valence-electron chi connectivity index (χ2n) is 6.81. The van der Waals surface area contributed by atoms with E-state index < -0.39 is 10.0 Å². The van der Waals surface area contributed by atoms with Crippen molar-refractivity contribution < 1.29 is 17.9 Å². The van der Waals surface area contributed by atoms with Crippen molar-refractivity contribution in [3.05, 3.63) is 29.8 Å². The molecule has 0 saturated carbocycles. The smallest absolute Gasteiger partial charge is 0.223 e. The Kier molecular flexibility index (Phi) is 4.57. The van der Waals surface area contributed by atoms with E-state index in [1.165, 1.54) is 19.7 Å². The summed E-state index contributed by atoms with van der Waals surface area (Å²) >= 11 is 0. The Morgan fingerprint density at radius 1 is 1.29 bits per heavy atom. The van der Waals surface area contributed by atoms with Gasteiger partial charge in [0.1, 0.15) is 11.4 Å². The maximum atomic E-state index is 12.4. The molecular weight excluding hydrogens is 328 g/mol. The van der Waals surface area contributed by atoms with E-state index in [4.69, 9.17) is 4.74 Å². The van der Waals surface area contributed by atoms with Gasteiger partial charge in [-0.3, -0.25) is 4.79 Å². The molecule has 1 aromatic carbocycles. The number of hydrogen-bond donors (Lipinski definition) is 0. The van der Waals surface area contributed by atoms with Gasteiger partial charge < -0.3 is 9.64 Å². The largest absolute Gasteiger partial charge is 0.485 e. The van der Waals surface area contributed by atoms with Crippen LogP contribution in [-0.4, -0.2) is 62.1 Å². The summed E-state index contributed by atoms with van der Waals surface area (Å²) in [6.45, 7) is 1.17. The molecule has 7 heteroatoms. The summed E-state index contributed by atoms with van der Waals surface area (Å²) in [5.74, 6) is 0.652. The molecule has 6 nitrogen and oxygen atoms in total. The van der Waals surface area contributed by atoms with Crippen LogP contribution in [0, 0.1) is 0 Å². The Balaban J connectivity index is 1.61. The first-order chi connectivity index (χ1) is 11.3. The summed E-state index contributed by atoms with van der Waals surface area (Å²) in [6, 6.07) is 8.02. The number of ether oxygens (including phenoxy) is 1. The maximum absolute atomic E-state index is 12.4. The minimum Gasteiger partial charge on any atom is -0.485 e. The Hall–Kier alpha value is -1.60. The van der Waals surface area contributed by atoms with Crippen molar-refractivity contribution in [2.45, 2.75) is 31.3 Å². The number of para-hydroxylation sites is 1. The summed E-state index contributed by atoms with van der Waals surface area (Å²) < 4.78 is 31.0. The molecule has 0 radical (unpaired) electrons. The second-order valence-corrected chi connectivity index (χ2v) is 9.11. The predicted molar refractivity (Wildman–Crippen MR) is 91.4 cm³/mol. The molecule has 1 aromatic rings. The van der Waals surface area contributed by atoms with E-state index in [0.29, 0.717) is 13.1 Å². The molecule has 0 aromatic heterocycles. The van der Waals surface area contributed by atoms with E-state index in [-0.39, 0.29) is 23.7 Å². The van der Waals surface area contributed by atoms with Gasteiger partial charge in [-0.2, -0.15) is 0 Å². The first-order valence-corrected chi connectivity index (χ1v) is 9.87. The molecule has 2 aliphatic rings. The number of aryl methyl sites for hydroxylation is 1.